The van der Waals surface area contributed by atoms with E-state index in [4.69, 9.17) is 0 Å². The maximum absolute atomic E-state index is 14.0. The second-order valence-corrected chi connectivity index (χ2v) is 7.64. The van der Waals surface area contributed by atoms with Crippen LogP contribution in [0.1, 0.15) is 32.9 Å². The van der Waals surface area contributed by atoms with E-state index in [9.17, 15) is 13.6 Å². The molecule has 0 bridgehead atoms. The summed E-state index contributed by atoms with van der Waals surface area (Å²) < 4.78 is 27.6. The maximum Gasteiger partial charge on any atom is 0.254 e. The number of pyridine rings is 1. The van der Waals surface area contributed by atoms with Crippen LogP contribution in [0.2, 0.25) is 0 Å². The Kier molecular flexibility index (Phi) is 5.81. The van der Waals surface area contributed by atoms with Crippen LogP contribution in [0.5, 0.6) is 0 Å². The van der Waals surface area contributed by atoms with E-state index in [-0.39, 0.29) is 18.0 Å². The minimum atomic E-state index is -0.639. The lowest BCUT2D eigenvalue weighted by molar-refractivity contribution is 0.0953. The summed E-state index contributed by atoms with van der Waals surface area (Å²) in [6.45, 7) is 5.95. The second-order valence-electron chi connectivity index (χ2n) is 7.64. The van der Waals surface area contributed by atoms with Gasteiger partial charge in [-0.3, -0.25) is 4.79 Å². The molecule has 0 aliphatic carbocycles. The van der Waals surface area contributed by atoms with E-state index in [1.54, 1.807) is 6.92 Å². The molecule has 1 amide bonds. The molecule has 32 heavy (non-hydrogen) atoms. The predicted octanol–water partition coefficient (Wildman–Crippen LogP) is 4.27. The summed E-state index contributed by atoms with van der Waals surface area (Å²) in [5.41, 5.74) is 4.00. The second kappa shape index (κ2) is 8.70. The number of hydrogen-bond acceptors (Lipinski definition) is 5. The van der Waals surface area contributed by atoms with Gasteiger partial charge in [-0.2, -0.15) is 0 Å². The van der Waals surface area contributed by atoms with Gasteiger partial charge in [0.2, 0.25) is 5.95 Å². The van der Waals surface area contributed by atoms with E-state index in [1.807, 2.05) is 26.0 Å². The minimum Gasteiger partial charge on any atom is -0.356 e. The summed E-state index contributed by atoms with van der Waals surface area (Å²) >= 11 is 0. The average Bonchev–Trinajstić information content (AvgIpc) is 3.03. The molecule has 0 unspecified atom stereocenters. The van der Waals surface area contributed by atoms with Crippen LogP contribution in [0.3, 0.4) is 0 Å². The van der Waals surface area contributed by atoms with Gasteiger partial charge in [0.15, 0.2) is 0 Å². The van der Waals surface area contributed by atoms with Gasteiger partial charge in [0.25, 0.3) is 5.91 Å². The quantitative estimate of drug-likeness (QED) is 0.420. The first-order chi connectivity index (χ1) is 15.3. The van der Waals surface area contributed by atoms with Crippen LogP contribution < -0.4 is 10.6 Å². The molecule has 0 fully saturated rings. The molecule has 164 valence electrons. The van der Waals surface area contributed by atoms with Crippen molar-refractivity contribution >= 4 is 28.6 Å². The van der Waals surface area contributed by atoms with Crippen LogP contribution in [-0.4, -0.2) is 32.4 Å². The summed E-state index contributed by atoms with van der Waals surface area (Å²) in [6, 6.07) is 5.98. The largest absolute Gasteiger partial charge is 0.356 e. The van der Waals surface area contributed by atoms with E-state index >= 15 is 0 Å². The lowest BCUT2D eigenvalue weighted by Gasteiger charge is -2.08. The van der Waals surface area contributed by atoms with Crippen LogP contribution in [0.15, 0.2) is 36.7 Å². The highest BCUT2D eigenvalue weighted by Crippen LogP contribution is 2.26. The molecule has 0 atom stereocenters. The van der Waals surface area contributed by atoms with Gasteiger partial charge in [0, 0.05) is 41.8 Å². The summed E-state index contributed by atoms with van der Waals surface area (Å²) in [4.78, 5) is 28.1. The van der Waals surface area contributed by atoms with Crippen molar-refractivity contribution in [1.82, 2.24) is 25.3 Å². The Hall–Kier alpha value is -3.88. The first-order valence-electron chi connectivity index (χ1n) is 10.1. The number of aromatic amines is 1. The number of aromatic nitrogens is 4. The number of nitrogens with zero attached hydrogens (tertiary/aromatic N) is 3. The lowest BCUT2D eigenvalue weighted by atomic mass is 10.1. The van der Waals surface area contributed by atoms with E-state index in [2.05, 4.69) is 30.6 Å². The molecule has 0 saturated heterocycles. The molecule has 9 heteroatoms. The molecule has 0 aliphatic heterocycles. The first-order valence-corrected chi connectivity index (χ1v) is 10.1. The molecule has 3 N–H and O–H groups in total. The van der Waals surface area contributed by atoms with Gasteiger partial charge in [0.1, 0.15) is 17.5 Å². The SMILES string of the molecule is Cc1cc(C)nc(Nc2ncc(C(=O)NCCc3c(C)[nH]c4c(F)cc(F)cc34)cn2)c1. The van der Waals surface area contributed by atoms with Crippen LogP contribution in [0.25, 0.3) is 10.9 Å². The highest BCUT2D eigenvalue weighted by molar-refractivity contribution is 5.93. The Morgan fingerprint density at radius 2 is 1.81 bits per heavy atom. The summed E-state index contributed by atoms with van der Waals surface area (Å²) in [5, 5.41) is 6.28. The molecule has 7 nitrogen and oxygen atoms in total. The molecule has 4 rings (SSSR count). The van der Waals surface area contributed by atoms with Crippen molar-refractivity contribution in [1.29, 1.82) is 0 Å². The van der Waals surface area contributed by atoms with Crippen molar-refractivity contribution in [3.63, 3.8) is 0 Å². The van der Waals surface area contributed by atoms with E-state index in [0.29, 0.717) is 29.1 Å². The third kappa shape index (κ3) is 4.56. The van der Waals surface area contributed by atoms with Gasteiger partial charge in [-0.25, -0.2) is 23.7 Å². The number of H-pyrrole nitrogens is 1. The van der Waals surface area contributed by atoms with Crippen LogP contribution in [0, 0.1) is 32.4 Å². The first kappa shape index (κ1) is 21.4. The number of halogens is 2. The van der Waals surface area contributed by atoms with Crippen LogP contribution >= 0.6 is 0 Å². The van der Waals surface area contributed by atoms with Crippen molar-refractivity contribution < 1.29 is 13.6 Å². The van der Waals surface area contributed by atoms with Crippen LogP contribution in [0.4, 0.5) is 20.5 Å². The maximum atomic E-state index is 14.0. The van der Waals surface area contributed by atoms with E-state index < -0.39 is 11.6 Å². The number of carbonyl (C=O) groups excluding carboxylic acids is 1. The average molecular weight is 436 g/mol. The lowest BCUT2D eigenvalue weighted by Crippen LogP contribution is -2.26. The van der Waals surface area contributed by atoms with Crippen molar-refractivity contribution in [2.45, 2.75) is 27.2 Å². The molecule has 3 heterocycles. The Morgan fingerprint density at radius 3 is 2.53 bits per heavy atom. The molecule has 4 aromatic rings. The fraction of sp³-hybridized carbons (Fsp3) is 0.217. The third-order valence-electron chi connectivity index (χ3n) is 5.06. The predicted molar refractivity (Wildman–Crippen MR) is 118 cm³/mol. The zero-order chi connectivity index (χ0) is 22.8. The van der Waals surface area contributed by atoms with Gasteiger partial charge in [0.05, 0.1) is 11.1 Å². The Labute approximate surface area is 183 Å². The molecule has 0 radical (unpaired) electrons. The number of anilines is 2. The van der Waals surface area contributed by atoms with Gasteiger partial charge < -0.3 is 15.6 Å². The van der Waals surface area contributed by atoms with Gasteiger partial charge in [-0.15, -0.1) is 0 Å². The van der Waals surface area contributed by atoms with Crippen molar-refractivity contribution in [3.8, 4) is 0 Å². The summed E-state index contributed by atoms with van der Waals surface area (Å²) in [6.07, 6.45) is 3.27. The van der Waals surface area contributed by atoms with E-state index in [0.717, 1.165) is 28.6 Å². The normalized spacial score (nSPS) is 11.0. The number of nitrogens with one attached hydrogen (secondary N) is 3. The highest BCUT2D eigenvalue weighted by atomic mass is 19.1. The molecular formula is C23H22F2N6O. The van der Waals surface area contributed by atoms with Gasteiger partial charge in [-0.05, 0) is 56.5 Å². The van der Waals surface area contributed by atoms with Crippen molar-refractivity contribution in [3.05, 3.63) is 76.4 Å². The number of rotatable bonds is 6. The monoisotopic (exact) mass is 436 g/mol. The molecule has 1 aromatic carbocycles. The fourth-order valence-corrected chi connectivity index (χ4v) is 3.66. The number of carbonyl (C=O) groups is 1. The minimum absolute atomic E-state index is 0.264. The Bertz CT molecular complexity index is 1280. The number of hydrogen-bond donors (Lipinski definition) is 3. The summed E-state index contributed by atoms with van der Waals surface area (Å²) in [7, 11) is 0. The van der Waals surface area contributed by atoms with E-state index in [1.165, 1.54) is 18.5 Å². The highest BCUT2D eigenvalue weighted by Gasteiger charge is 2.14. The summed E-state index contributed by atoms with van der Waals surface area (Å²) in [5.74, 6) is -0.656. The fourth-order valence-electron chi connectivity index (χ4n) is 3.66. The Balaban J connectivity index is 1.39. The Morgan fingerprint density at radius 1 is 1.06 bits per heavy atom. The smallest absolute Gasteiger partial charge is 0.254 e. The van der Waals surface area contributed by atoms with Crippen molar-refractivity contribution in [2.24, 2.45) is 0 Å². The number of benzene rings is 1. The standard InChI is InChI=1S/C23H22F2N6O/c1-12-6-13(2)29-20(7-12)31-23-27-10-15(11-28-23)22(32)26-5-4-17-14(3)30-21-18(17)8-16(24)9-19(21)25/h6-11,30H,4-5H2,1-3H3,(H,26,32)(H,27,28,29,31). The molecule has 0 aliphatic rings. The van der Waals surface area contributed by atoms with Crippen LogP contribution in [-0.2, 0) is 6.42 Å². The van der Waals surface area contributed by atoms with Gasteiger partial charge >= 0.3 is 0 Å². The zero-order valence-electron chi connectivity index (χ0n) is 17.9. The zero-order valence-corrected chi connectivity index (χ0v) is 17.9. The third-order valence-corrected chi connectivity index (χ3v) is 5.06. The molecular weight excluding hydrogens is 414 g/mol. The topological polar surface area (TPSA) is 95.6 Å². The van der Waals surface area contributed by atoms with Gasteiger partial charge in [-0.1, -0.05) is 0 Å². The molecule has 0 spiro atoms. The molecule has 0 saturated carbocycles. The molecule has 3 aromatic heterocycles. The number of aryl methyl sites for hydroxylation is 3. The van der Waals surface area contributed by atoms with Crippen molar-refractivity contribution in [2.75, 3.05) is 11.9 Å². The number of amides is 1. The number of fused-ring (bicyclic) bond motifs is 1.